The molecule has 1 heteroatoms. The molecule has 2 aromatic carbocycles. The number of hydrogen-bond donors (Lipinski definition) is 1. The Kier molecular flexibility index (Phi) is 1.29. The van der Waals surface area contributed by atoms with E-state index in [0.717, 1.165) is 5.69 Å². The lowest BCUT2D eigenvalue weighted by atomic mass is 10.1. The van der Waals surface area contributed by atoms with Gasteiger partial charge in [-0.05, 0) is 22.9 Å². The van der Waals surface area contributed by atoms with E-state index in [1.54, 1.807) is 0 Å². The van der Waals surface area contributed by atoms with E-state index in [2.05, 4.69) is 12.1 Å². The van der Waals surface area contributed by atoms with Gasteiger partial charge in [-0.15, -0.1) is 0 Å². The summed E-state index contributed by atoms with van der Waals surface area (Å²) in [5, 5.41) is 2.44. The molecule has 0 aliphatic rings. The van der Waals surface area contributed by atoms with Crippen molar-refractivity contribution in [3.05, 3.63) is 42.5 Å². The van der Waals surface area contributed by atoms with Gasteiger partial charge in [0.2, 0.25) is 0 Å². The zero-order chi connectivity index (χ0) is 7.68. The highest BCUT2D eigenvalue weighted by atomic mass is 14.5. The zero-order valence-electron chi connectivity index (χ0n) is 10.1. The number of benzene rings is 2. The number of fused-ring (bicyclic) bond motifs is 1. The smallest absolute Gasteiger partial charge is 0.399 e. The van der Waals surface area contributed by atoms with Crippen molar-refractivity contribution in [3.63, 3.8) is 0 Å². The molecule has 0 saturated carbocycles. The van der Waals surface area contributed by atoms with Crippen LogP contribution in [0, 0.1) is 0 Å². The van der Waals surface area contributed by atoms with E-state index in [1.807, 2.05) is 30.3 Å². The van der Waals surface area contributed by atoms with Gasteiger partial charge in [0.05, 0.1) is 0 Å². The Balaban J connectivity index is -0.000000360. The van der Waals surface area contributed by atoms with E-state index >= 15 is 0 Å². The highest BCUT2D eigenvalue weighted by molar-refractivity contribution is 5.85. The highest BCUT2D eigenvalue weighted by Gasteiger charge is 1.89. The Bertz CT molecular complexity index is 392. The van der Waals surface area contributed by atoms with Crippen LogP contribution in [0.1, 0.15) is 5.71 Å². The number of anilines is 1. The molecule has 2 N–H and O–H groups in total. The van der Waals surface area contributed by atoms with Gasteiger partial charge in [-0.1, -0.05) is 30.3 Å². The van der Waals surface area contributed by atoms with Crippen molar-refractivity contribution in [2.24, 2.45) is 0 Å². The van der Waals surface area contributed by atoms with Gasteiger partial charge in [0.25, 0.3) is 0 Å². The maximum absolute atomic E-state index is 5.62. The minimum atomic E-state index is 0. The topological polar surface area (TPSA) is 26.0 Å². The van der Waals surface area contributed by atoms with E-state index in [4.69, 9.17) is 5.73 Å². The second-order valence-electron chi connectivity index (χ2n) is 2.61. The third kappa shape index (κ3) is 1.05. The Morgan fingerprint density at radius 1 is 0.909 bits per heavy atom. The second-order valence-corrected chi connectivity index (χ2v) is 2.61. The molecule has 11 heavy (non-hydrogen) atoms. The van der Waals surface area contributed by atoms with Crippen LogP contribution in [0.25, 0.3) is 10.8 Å². The molecular weight excluding hydrogens is 134 g/mol. The van der Waals surface area contributed by atoms with Gasteiger partial charge in [-0.3, -0.25) is 0 Å². The molecule has 0 spiro atoms. The number of nitrogens with two attached hydrogens (primary N) is 1. The van der Waals surface area contributed by atoms with Crippen molar-refractivity contribution in [2.75, 3.05) is 5.73 Å². The number of nitrogen functional groups attached to an aromatic ring is 1. The van der Waals surface area contributed by atoms with Crippen LogP contribution in [0.4, 0.5) is 5.69 Å². The van der Waals surface area contributed by atoms with E-state index in [-0.39, 0.29) is 5.71 Å². The molecular formula is C10H13N+4. The lowest BCUT2D eigenvalue weighted by Crippen LogP contribution is -1.82. The molecule has 0 heterocycles. The first-order valence-electron chi connectivity index (χ1n) is 3.60. The van der Waals surface area contributed by atoms with Crippen molar-refractivity contribution in [3.8, 4) is 0 Å². The molecule has 0 atom stereocenters. The highest BCUT2D eigenvalue weighted by Crippen LogP contribution is 2.15. The molecule has 0 saturated heterocycles. The fraction of sp³-hybridized carbons (Fsp3) is 0. The first-order valence-corrected chi connectivity index (χ1v) is 3.60. The SMILES string of the molecule is Nc1ccc2ccccc2c1.[H+].[H+].[H+].[H+]. The van der Waals surface area contributed by atoms with Crippen molar-refractivity contribution in [1.29, 1.82) is 0 Å². The molecule has 0 bridgehead atoms. The summed E-state index contributed by atoms with van der Waals surface area (Å²) < 4.78 is 0. The Hall–Kier alpha value is -1.50. The van der Waals surface area contributed by atoms with E-state index in [0.29, 0.717) is 0 Å². The van der Waals surface area contributed by atoms with Crippen LogP contribution in [0.2, 0.25) is 0 Å². The van der Waals surface area contributed by atoms with Crippen LogP contribution in [0.3, 0.4) is 0 Å². The third-order valence-electron chi connectivity index (χ3n) is 1.77. The largest absolute Gasteiger partial charge is 1.00 e. The van der Waals surface area contributed by atoms with Crippen molar-refractivity contribution in [1.82, 2.24) is 0 Å². The van der Waals surface area contributed by atoms with Crippen LogP contribution in [0.5, 0.6) is 0 Å². The maximum atomic E-state index is 5.62. The predicted molar refractivity (Wildman–Crippen MR) is 52.8 cm³/mol. The zero-order valence-corrected chi connectivity index (χ0v) is 6.12. The second kappa shape index (κ2) is 2.27. The van der Waals surface area contributed by atoms with E-state index < -0.39 is 0 Å². The summed E-state index contributed by atoms with van der Waals surface area (Å²) in [6, 6.07) is 14.1. The molecule has 1 nitrogen and oxygen atoms in total. The summed E-state index contributed by atoms with van der Waals surface area (Å²) in [4.78, 5) is 0. The fourth-order valence-electron chi connectivity index (χ4n) is 1.21. The molecule has 0 fully saturated rings. The lowest BCUT2D eigenvalue weighted by Gasteiger charge is -1.96. The normalized spacial score (nSPS) is 10.2. The monoisotopic (exact) mass is 147 g/mol. The van der Waals surface area contributed by atoms with Crippen LogP contribution < -0.4 is 5.73 Å². The molecule has 2 aromatic rings. The van der Waals surface area contributed by atoms with Gasteiger partial charge in [0.1, 0.15) is 0 Å². The number of rotatable bonds is 0. The van der Waals surface area contributed by atoms with E-state index in [9.17, 15) is 0 Å². The average Bonchev–Trinajstić information content (AvgIpc) is 2.04. The van der Waals surface area contributed by atoms with Gasteiger partial charge < -0.3 is 5.73 Å². The molecule has 0 radical (unpaired) electrons. The maximum Gasteiger partial charge on any atom is 1.00 e. The quantitative estimate of drug-likeness (QED) is 0.570. The lowest BCUT2D eigenvalue weighted by molar-refractivity contribution is 1.73. The van der Waals surface area contributed by atoms with Crippen molar-refractivity contribution >= 4 is 16.5 Å². The van der Waals surface area contributed by atoms with Crippen LogP contribution in [0.15, 0.2) is 42.5 Å². The summed E-state index contributed by atoms with van der Waals surface area (Å²) in [6.45, 7) is 0. The van der Waals surface area contributed by atoms with Gasteiger partial charge in [-0.2, -0.15) is 0 Å². The van der Waals surface area contributed by atoms with E-state index in [1.165, 1.54) is 10.8 Å². The number of hydrogen-bond acceptors (Lipinski definition) is 1. The van der Waals surface area contributed by atoms with Gasteiger partial charge in [-0.25, -0.2) is 0 Å². The van der Waals surface area contributed by atoms with Crippen LogP contribution in [-0.4, -0.2) is 0 Å². The molecule has 2 rings (SSSR count). The molecule has 54 valence electrons. The predicted octanol–water partition coefficient (Wildman–Crippen LogP) is 2.87. The van der Waals surface area contributed by atoms with Crippen LogP contribution >= 0.6 is 0 Å². The third-order valence-corrected chi connectivity index (χ3v) is 1.77. The Morgan fingerprint density at radius 2 is 1.64 bits per heavy atom. The van der Waals surface area contributed by atoms with Crippen LogP contribution in [-0.2, 0) is 0 Å². The fourth-order valence-corrected chi connectivity index (χ4v) is 1.21. The Labute approximate surface area is 71.4 Å². The summed E-state index contributed by atoms with van der Waals surface area (Å²) in [7, 11) is 0. The minimum Gasteiger partial charge on any atom is -0.399 e. The average molecular weight is 147 g/mol. The first-order chi connectivity index (χ1) is 5.36. The van der Waals surface area contributed by atoms with Crippen molar-refractivity contribution in [2.45, 2.75) is 0 Å². The minimum absolute atomic E-state index is 0. The Morgan fingerprint density at radius 3 is 2.45 bits per heavy atom. The molecule has 0 unspecified atom stereocenters. The summed E-state index contributed by atoms with van der Waals surface area (Å²) in [5.74, 6) is 0. The molecule has 0 aliphatic heterocycles. The van der Waals surface area contributed by atoms with Crippen molar-refractivity contribution < 1.29 is 5.71 Å². The molecule has 0 aromatic heterocycles. The first kappa shape index (κ1) is 6.23. The van der Waals surface area contributed by atoms with Gasteiger partial charge in [0.15, 0.2) is 0 Å². The van der Waals surface area contributed by atoms with Gasteiger partial charge >= 0.3 is 5.71 Å². The molecule has 0 aliphatic carbocycles. The standard InChI is InChI=1S/C10H9N/c11-10-6-5-8-3-1-2-4-9(8)7-10/h1-7H,11H2/p+4. The summed E-state index contributed by atoms with van der Waals surface area (Å²) in [5.41, 5.74) is 6.45. The summed E-state index contributed by atoms with van der Waals surface area (Å²) >= 11 is 0. The van der Waals surface area contributed by atoms with Gasteiger partial charge in [0, 0.05) is 5.69 Å². The summed E-state index contributed by atoms with van der Waals surface area (Å²) in [6.07, 6.45) is 0. The molecule has 0 amide bonds.